The molecule has 0 saturated carbocycles. The number of rotatable bonds is 39. The molecule has 6 nitrogen and oxygen atoms in total. The van der Waals surface area contributed by atoms with Gasteiger partial charge in [0.25, 0.3) is 0 Å². The predicted molar refractivity (Wildman–Crippen MR) is 210 cm³/mol. The van der Waals surface area contributed by atoms with Crippen LogP contribution in [0.3, 0.4) is 0 Å². The summed E-state index contributed by atoms with van der Waals surface area (Å²) in [6.07, 6.45) is 41.0. The Hall–Kier alpha value is -0.950. The van der Waals surface area contributed by atoms with E-state index in [0.717, 1.165) is 38.5 Å². The molecule has 4 unspecified atom stereocenters. The lowest BCUT2D eigenvalue weighted by Gasteiger charge is -2.27. The van der Waals surface area contributed by atoms with Gasteiger partial charge in [0.1, 0.15) is 12.2 Å². The van der Waals surface area contributed by atoms with Gasteiger partial charge in [0.2, 0.25) is 5.91 Å². The summed E-state index contributed by atoms with van der Waals surface area (Å²) in [6, 6.07) is -0.996. The van der Waals surface area contributed by atoms with Crippen LogP contribution >= 0.6 is 0 Å². The van der Waals surface area contributed by atoms with Crippen LogP contribution in [0.2, 0.25) is 0 Å². The van der Waals surface area contributed by atoms with Crippen LogP contribution in [0.4, 0.5) is 0 Å². The van der Waals surface area contributed by atoms with Crippen molar-refractivity contribution in [2.75, 3.05) is 6.61 Å². The normalized spacial score (nSPS) is 14.3. The number of hydrogen-bond acceptors (Lipinski definition) is 5. The summed E-state index contributed by atoms with van der Waals surface area (Å²) in [6.45, 7) is 4.04. The van der Waals surface area contributed by atoms with Crippen LogP contribution in [0.25, 0.3) is 0 Å². The molecular formula is C43H85NO5. The first-order chi connectivity index (χ1) is 24.0. The molecule has 49 heavy (non-hydrogen) atoms. The van der Waals surface area contributed by atoms with Gasteiger partial charge in [-0.05, 0) is 38.5 Å². The maximum atomic E-state index is 12.5. The van der Waals surface area contributed by atoms with Gasteiger partial charge < -0.3 is 25.7 Å². The number of amides is 1. The topological polar surface area (TPSA) is 110 Å². The third-order valence-electron chi connectivity index (χ3n) is 10.2. The molecule has 0 bridgehead atoms. The Morgan fingerprint density at radius 3 is 1.22 bits per heavy atom. The van der Waals surface area contributed by atoms with Crippen LogP contribution < -0.4 is 5.32 Å². The van der Waals surface area contributed by atoms with E-state index in [1.165, 1.54) is 161 Å². The molecular weight excluding hydrogens is 610 g/mol. The molecule has 0 aromatic rings. The highest BCUT2D eigenvalue weighted by Crippen LogP contribution is 2.16. The summed E-state index contributed by atoms with van der Waals surface area (Å²) in [5.74, 6) is -0.591. The molecule has 0 saturated heterocycles. The van der Waals surface area contributed by atoms with E-state index < -0.39 is 36.9 Å². The first-order valence-corrected chi connectivity index (χ1v) is 21.6. The summed E-state index contributed by atoms with van der Waals surface area (Å²) in [7, 11) is 0. The second-order valence-electron chi connectivity index (χ2n) is 15.0. The fourth-order valence-corrected chi connectivity index (χ4v) is 6.76. The fourth-order valence-electron chi connectivity index (χ4n) is 6.76. The number of nitrogens with one attached hydrogen (secondary N) is 1. The summed E-state index contributed by atoms with van der Waals surface area (Å²) in [5, 5.41) is 43.6. The molecule has 0 fully saturated rings. The zero-order valence-electron chi connectivity index (χ0n) is 32.7. The zero-order valence-corrected chi connectivity index (χ0v) is 32.7. The SMILES string of the molecule is CCCCCCCCCCCCCCCC/C=C/CCCC(O)C(O)C(CO)NC(=O)C(O)CCCCCCCCCCCCCCCC. The van der Waals surface area contributed by atoms with Gasteiger partial charge in [0, 0.05) is 0 Å². The monoisotopic (exact) mass is 696 g/mol. The Morgan fingerprint density at radius 1 is 0.490 bits per heavy atom. The minimum absolute atomic E-state index is 0.367. The van der Waals surface area contributed by atoms with E-state index in [9.17, 15) is 25.2 Å². The number of carbonyl (C=O) groups is 1. The molecule has 0 aliphatic heterocycles. The standard InChI is InChI=1S/C43H85NO5/c1-3-5-7-9-11-13-15-17-19-20-21-22-23-25-26-28-30-32-34-36-40(46)42(48)39(38-45)44-43(49)41(47)37-35-33-31-29-27-24-18-16-14-12-10-8-6-4-2/h28,30,39-42,45-48H,3-27,29,31-38H2,1-2H3,(H,44,49)/b30-28+. The van der Waals surface area contributed by atoms with Crippen molar-refractivity contribution >= 4 is 5.91 Å². The minimum Gasteiger partial charge on any atom is -0.394 e. The predicted octanol–water partition coefficient (Wildman–Crippen LogP) is 11.0. The molecule has 0 aliphatic rings. The van der Waals surface area contributed by atoms with Crippen molar-refractivity contribution in [1.29, 1.82) is 0 Å². The highest BCUT2D eigenvalue weighted by molar-refractivity contribution is 5.80. The lowest BCUT2D eigenvalue weighted by atomic mass is 10.00. The van der Waals surface area contributed by atoms with Crippen molar-refractivity contribution in [3.8, 4) is 0 Å². The van der Waals surface area contributed by atoms with Gasteiger partial charge in [-0.1, -0.05) is 199 Å². The molecule has 5 N–H and O–H groups in total. The molecule has 0 aromatic carbocycles. The molecule has 4 atom stereocenters. The van der Waals surface area contributed by atoms with Crippen molar-refractivity contribution in [2.24, 2.45) is 0 Å². The second kappa shape index (κ2) is 38.3. The molecule has 0 rings (SSSR count). The lowest BCUT2D eigenvalue weighted by molar-refractivity contribution is -0.132. The van der Waals surface area contributed by atoms with Gasteiger partial charge >= 0.3 is 0 Å². The first kappa shape index (κ1) is 48.0. The number of unbranched alkanes of at least 4 members (excludes halogenated alkanes) is 28. The molecule has 0 spiro atoms. The smallest absolute Gasteiger partial charge is 0.249 e. The fraction of sp³-hybridized carbons (Fsp3) is 0.930. The number of carbonyl (C=O) groups excluding carboxylic acids is 1. The van der Waals surface area contributed by atoms with E-state index in [4.69, 9.17) is 0 Å². The Kier molecular flexibility index (Phi) is 37.5. The van der Waals surface area contributed by atoms with Crippen LogP contribution in [0.15, 0.2) is 12.2 Å². The molecule has 0 aromatic heterocycles. The molecule has 0 heterocycles. The van der Waals surface area contributed by atoms with E-state index >= 15 is 0 Å². The molecule has 6 heteroatoms. The van der Waals surface area contributed by atoms with E-state index in [-0.39, 0.29) is 0 Å². The van der Waals surface area contributed by atoms with E-state index in [0.29, 0.717) is 12.8 Å². The number of hydrogen-bond donors (Lipinski definition) is 5. The summed E-state index contributed by atoms with van der Waals surface area (Å²) >= 11 is 0. The number of allylic oxidation sites excluding steroid dienone is 2. The zero-order chi connectivity index (χ0) is 36.0. The molecule has 292 valence electrons. The minimum atomic E-state index is -1.28. The second-order valence-corrected chi connectivity index (χ2v) is 15.0. The van der Waals surface area contributed by atoms with Crippen LogP contribution in [0.1, 0.15) is 226 Å². The van der Waals surface area contributed by atoms with Crippen LogP contribution in [-0.2, 0) is 4.79 Å². The summed E-state index contributed by atoms with van der Waals surface area (Å²) in [5.41, 5.74) is 0. The van der Waals surface area contributed by atoms with Gasteiger partial charge in [-0.25, -0.2) is 0 Å². The Labute approximate surface area is 304 Å². The third kappa shape index (κ3) is 32.7. The lowest BCUT2D eigenvalue weighted by Crippen LogP contribution is -2.53. The number of aliphatic hydroxyl groups excluding tert-OH is 4. The highest BCUT2D eigenvalue weighted by atomic mass is 16.3. The Morgan fingerprint density at radius 2 is 0.837 bits per heavy atom. The van der Waals surface area contributed by atoms with Gasteiger partial charge in [-0.15, -0.1) is 0 Å². The van der Waals surface area contributed by atoms with Crippen molar-refractivity contribution in [1.82, 2.24) is 5.32 Å². The highest BCUT2D eigenvalue weighted by Gasteiger charge is 2.28. The van der Waals surface area contributed by atoms with Crippen molar-refractivity contribution in [2.45, 2.75) is 250 Å². The van der Waals surface area contributed by atoms with Gasteiger partial charge in [-0.3, -0.25) is 4.79 Å². The summed E-state index contributed by atoms with van der Waals surface area (Å²) < 4.78 is 0. The third-order valence-corrected chi connectivity index (χ3v) is 10.2. The average molecular weight is 696 g/mol. The van der Waals surface area contributed by atoms with Crippen LogP contribution in [0.5, 0.6) is 0 Å². The van der Waals surface area contributed by atoms with Gasteiger partial charge in [-0.2, -0.15) is 0 Å². The molecule has 0 radical (unpaired) electrons. The Balaban J connectivity index is 3.76. The van der Waals surface area contributed by atoms with E-state index in [2.05, 4.69) is 31.3 Å². The van der Waals surface area contributed by atoms with E-state index in [1.807, 2.05) is 0 Å². The van der Waals surface area contributed by atoms with E-state index in [1.54, 1.807) is 0 Å². The summed E-state index contributed by atoms with van der Waals surface area (Å²) in [4.78, 5) is 12.5. The number of aliphatic hydroxyl groups is 4. The van der Waals surface area contributed by atoms with Crippen LogP contribution in [0, 0.1) is 0 Å². The van der Waals surface area contributed by atoms with Crippen molar-refractivity contribution in [3.05, 3.63) is 12.2 Å². The first-order valence-electron chi connectivity index (χ1n) is 21.6. The molecule has 1 amide bonds. The van der Waals surface area contributed by atoms with Crippen molar-refractivity contribution < 1.29 is 25.2 Å². The quantitative estimate of drug-likeness (QED) is 0.0325. The average Bonchev–Trinajstić information content (AvgIpc) is 3.11. The largest absolute Gasteiger partial charge is 0.394 e. The maximum Gasteiger partial charge on any atom is 0.249 e. The molecule has 0 aliphatic carbocycles. The van der Waals surface area contributed by atoms with Gasteiger partial charge in [0.05, 0.1) is 18.8 Å². The Bertz CT molecular complexity index is 702. The van der Waals surface area contributed by atoms with Crippen molar-refractivity contribution in [3.63, 3.8) is 0 Å². The van der Waals surface area contributed by atoms with Crippen LogP contribution in [-0.4, -0.2) is 57.3 Å². The maximum absolute atomic E-state index is 12.5. The van der Waals surface area contributed by atoms with Gasteiger partial charge in [0.15, 0.2) is 0 Å².